The molecule has 0 spiro atoms. The zero-order valence-corrected chi connectivity index (χ0v) is 16.3. The van der Waals surface area contributed by atoms with E-state index in [1.165, 1.54) is 0 Å². The van der Waals surface area contributed by atoms with Gasteiger partial charge in [-0.2, -0.15) is 0 Å². The van der Waals surface area contributed by atoms with Crippen molar-refractivity contribution >= 4 is 11.9 Å². The summed E-state index contributed by atoms with van der Waals surface area (Å²) in [6.07, 6.45) is 6.42. The van der Waals surface area contributed by atoms with E-state index in [0.717, 1.165) is 75.5 Å². The molecule has 1 aliphatic carbocycles. The van der Waals surface area contributed by atoms with Crippen LogP contribution < -0.4 is 10.2 Å². The Hall–Kier alpha value is -1.69. The summed E-state index contributed by atoms with van der Waals surface area (Å²) in [5.74, 6) is 1.73. The highest BCUT2D eigenvalue weighted by Gasteiger charge is 2.28. The maximum atomic E-state index is 12.5. The summed E-state index contributed by atoms with van der Waals surface area (Å²) in [7, 11) is 1.75. The SMILES string of the molecule is CO[C@@H]1CCC[C@H](C(=O)NCC2CCN(c3nc(C)cc(C)n3)CC2)C1. The minimum Gasteiger partial charge on any atom is -0.381 e. The normalized spacial score (nSPS) is 24.5. The number of hydrogen-bond donors (Lipinski definition) is 1. The lowest BCUT2D eigenvalue weighted by molar-refractivity contribution is -0.127. The number of ether oxygens (including phenoxy) is 1. The van der Waals surface area contributed by atoms with Crippen LogP contribution in [0.4, 0.5) is 5.95 Å². The summed E-state index contributed by atoms with van der Waals surface area (Å²) >= 11 is 0. The van der Waals surface area contributed by atoms with Gasteiger partial charge in [0.05, 0.1) is 6.10 Å². The van der Waals surface area contributed by atoms with Gasteiger partial charge in [-0.1, -0.05) is 6.42 Å². The standard InChI is InChI=1S/C20H32N4O2/c1-14-11-15(2)23-20(22-14)24-9-7-16(8-10-24)13-21-19(25)17-5-4-6-18(12-17)26-3/h11,16-18H,4-10,12-13H2,1-3H3,(H,21,25)/t17-,18+/m0/s1. The smallest absolute Gasteiger partial charge is 0.225 e. The monoisotopic (exact) mass is 360 g/mol. The molecular formula is C20H32N4O2. The zero-order chi connectivity index (χ0) is 18.5. The number of methoxy groups -OCH3 is 1. The number of carbonyl (C=O) groups excluding carboxylic acids is 1. The highest BCUT2D eigenvalue weighted by Crippen LogP contribution is 2.26. The Labute approximate surface area is 156 Å². The molecule has 1 amide bonds. The number of amides is 1. The summed E-state index contributed by atoms with van der Waals surface area (Å²) in [6, 6.07) is 2.01. The van der Waals surface area contributed by atoms with Gasteiger partial charge in [-0.3, -0.25) is 4.79 Å². The largest absolute Gasteiger partial charge is 0.381 e. The van der Waals surface area contributed by atoms with Crippen molar-refractivity contribution < 1.29 is 9.53 Å². The molecule has 1 saturated heterocycles. The summed E-state index contributed by atoms with van der Waals surface area (Å²) in [6.45, 7) is 6.73. The second kappa shape index (κ2) is 8.80. The number of piperidine rings is 1. The van der Waals surface area contributed by atoms with Gasteiger partial charge in [0.25, 0.3) is 0 Å². The number of rotatable bonds is 5. The fourth-order valence-corrected chi connectivity index (χ4v) is 4.17. The molecule has 1 aromatic rings. The fraction of sp³-hybridized carbons (Fsp3) is 0.750. The van der Waals surface area contributed by atoms with Gasteiger partial charge in [0.15, 0.2) is 0 Å². The Morgan fingerprint density at radius 3 is 2.54 bits per heavy atom. The number of nitrogens with zero attached hydrogens (tertiary/aromatic N) is 3. The third kappa shape index (κ3) is 4.93. The first-order chi connectivity index (χ1) is 12.5. The van der Waals surface area contributed by atoms with Crippen molar-refractivity contribution in [1.82, 2.24) is 15.3 Å². The fourth-order valence-electron chi connectivity index (χ4n) is 4.17. The highest BCUT2D eigenvalue weighted by atomic mass is 16.5. The number of anilines is 1. The van der Waals surface area contributed by atoms with Crippen LogP contribution in [0.15, 0.2) is 6.07 Å². The molecular weight excluding hydrogens is 328 g/mol. The number of aryl methyl sites for hydroxylation is 2. The number of hydrogen-bond acceptors (Lipinski definition) is 5. The molecule has 0 radical (unpaired) electrons. The number of aromatic nitrogens is 2. The molecule has 0 bridgehead atoms. The van der Waals surface area contributed by atoms with E-state index in [1.807, 2.05) is 19.9 Å². The van der Waals surface area contributed by atoms with Crippen LogP contribution in [0.5, 0.6) is 0 Å². The lowest BCUT2D eigenvalue weighted by Gasteiger charge is -2.33. The van der Waals surface area contributed by atoms with Crippen LogP contribution in [-0.2, 0) is 9.53 Å². The molecule has 1 aliphatic heterocycles. The van der Waals surface area contributed by atoms with Crippen LogP contribution in [0, 0.1) is 25.7 Å². The Kier molecular flexibility index (Phi) is 6.46. The molecule has 1 N–H and O–H groups in total. The predicted molar refractivity (Wildman–Crippen MR) is 102 cm³/mol. The third-order valence-corrected chi connectivity index (χ3v) is 5.76. The van der Waals surface area contributed by atoms with Gasteiger partial charge >= 0.3 is 0 Å². The van der Waals surface area contributed by atoms with Gasteiger partial charge in [0, 0.05) is 44.0 Å². The highest BCUT2D eigenvalue weighted by molar-refractivity contribution is 5.78. The van der Waals surface area contributed by atoms with Gasteiger partial charge in [-0.25, -0.2) is 9.97 Å². The van der Waals surface area contributed by atoms with Crippen LogP contribution in [0.25, 0.3) is 0 Å². The van der Waals surface area contributed by atoms with E-state index in [9.17, 15) is 4.79 Å². The molecule has 2 atom stereocenters. The molecule has 2 fully saturated rings. The van der Waals surface area contributed by atoms with Crippen molar-refractivity contribution in [3.8, 4) is 0 Å². The molecule has 2 aliphatic rings. The minimum absolute atomic E-state index is 0.123. The first-order valence-corrected chi connectivity index (χ1v) is 9.93. The first-order valence-electron chi connectivity index (χ1n) is 9.93. The van der Waals surface area contributed by atoms with Gasteiger partial charge in [-0.05, 0) is 57.9 Å². The third-order valence-electron chi connectivity index (χ3n) is 5.76. The maximum absolute atomic E-state index is 12.5. The Morgan fingerprint density at radius 1 is 1.19 bits per heavy atom. The average molecular weight is 361 g/mol. The Morgan fingerprint density at radius 2 is 1.88 bits per heavy atom. The van der Waals surface area contributed by atoms with E-state index < -0.39 is 0 Å². The maximum Gasteiger partial charge on any atom is 0.225 e. The molecule has 144 valence electrons. The van der Waals surface area contributed by atoms with Crippen molar-refractivity contribution in [3.05, 3.63) is 17.5 Å². The van der Waals surface area contributed by atoms with Crippen molar-refractivity contribution in [1.29, 1.82) is 0 Å². The molecule has 1 aromatic heterocycles. The van der Waals surface area contributed by atoms with E-state index in [-0.39, 0.29) is 17.9 Å². The van der Waals surface area contributed by atoms with Crippen molar-refractivity contribution in [2.24, 2.45) is 11.8 Å². The molecule has 3 rings (SSSR count). The van der Waals surface area contributed by atoms with Crippen LogP contribution >= 0.6 is 0 Å². The van der Waals surface area contributed by atoms with Crippen LogP contribution in [0.2, 0.25) is 0 Å². The van der Waals surface area contributed by atoms with Crippen molar-refractivity contribution in [2.45, 2.75) is 58.5 Å². The molecule has 6 nitrogen and oxygen atoms in total. The van der Waals surface area contributed by atoms with Crippen molar-refractivity contribution in [2.75, 3.05) is 31.6 Å². The molecule has 6 heteroatoms. The average Bonchev–Trinajstić information content (AvgIpc) is 2.65. The quantitative estimate of drug-likeness (QED) is 0.874. The van der Waals surface area contributed by atoms with Gasteiger partial charge in [0.1, 0.15) is 0 Å². The topological polar surface area (TPSA) is 67.3 Å². The Balaban J connectivity index is 1.43. The predicted octanol–water partition coefficient (Wildman–Crippen LogP) is 2.63. The molecule has 0 aromatic carbocycles. The van der Waals surface area contributed by atoms with Gasteiger partial charge in [-0.15, -0.1) is 0 Å². The van der Waals surface area contributed by atoms with Crippen LogP contribution in [0.1, 0.15) is 49.9 Å². The second-order valence-electron chi connectivity index (χ2n) is 7.85. The van der Waals surface area contributed by atoms with E-state index in [1.54, 1.807) is 7.11 Å². The van der Waals surface area contributed by atoms with E-state index in [2.05, 4.69) is 20.2 Å². The summed E-state index contributed by atoms with van der Waals surface area (Å²) < 4.78 is 5.44. The summed E-state index contributed by atoms with van der Waals surface area (Å²) in [5, 5.41) is 3.20. The summed E-state index contributed by atoms with van der Waals surface area (Å²) in [5.41, 5.74) is 2.03. The van der Waals surface area contributed by atoms with Crippen LogP contribution in [-0.4, -0.2) is 48.7 Å². The number of nitrogens with one attached hydrogen (secondary N) is 1. The molecule has 1 saturated carbocycles. The Bertz CT molecular complexity index is 594. The first kappa shape index (κ1) is 19.1. The van der Waals surface area contributed by atoms with E-state index in [4.69, 9.17) is 4.74 Å². The zero-order valence-electron chi connectivity index (χ0n) is 16.3. The van der Waals surface area contributed by atoms with Gasteiger partial charge in [0.2, 0.25) is 11.9 Å². The molecule has 0 unspecified atom stereocenters. The lowest BCUT2D eigenvalue weighted by atomic mass is 9.86. The van der Waals surface area contributed by atoms with Gasteiger partial charge < -0.3 is 15.0 Å². The summed E-state index contributed by atoms with van der Waals surface area (Å²) in [4.78, 5) is 23.9. The van der Waals surface area contributed by atoms with Crippen molar-refractivity contribution in [3.63, 3.8) is 0 Å². The number of carbonyl (C=O) groups is 1. The second-order valence-corrected chi connectivity index (χ2v) is 7.85. The minimum atomic E-state index is 0.123. The lowest BCUT2D eigenvalue weighted by Crippen LogP contribution is -2.42. The van der Waals surface area contributed by atoms with E-state index in [0.29, 0.717) is 5.92 Å². The molecule has 26 heavy (non-hydrogen) atoms. The van der Waals surface area contributed by atoms with Crippen LogP contribution in [0.3, 0.4) is 0 Å². The van der Waals surface area contributed by atoms with E-state index >= 15 is 0 Å². The molecule has 2 heterocycles.